The predicted octanol–water partition coefficient (Wildman–Crippen LogP) is 2.05. The number of nitrogens with zero attached hydrogens (tertiary/aromatic N) is 1. The fourth-order valence-corrected chi connectivity index (χ4v) is 2.47. The van der Waals surface area contributed by atoms with Gasteiger partial charge in [-0.3, -0.25) is 9.59 Å². The predicted molar refractivity (Wildman–Crippen MR) is 75.8 cm³/mol. The number of carbonyl (C=O) groups excluding carboxylic acids is 2. The average molecular weight is 291 g/mol. The molecule has 2 N–H and O–H groups in total. The minimum Gasteiger partial charge on any atom is -0.429 e. The van der Waals surface area contributed by atoms with Crippen LogP contribution in [0.4, 0.5) is 5.69 Å². The zero-order valence-electron chi connectivity index (χ0n) is 10.6. The third kappa shape index (κ3) is 2.57. The molecule has 1 aromatic heterocycles. The Bertz CT molecular complexity index is 734. The second-order valence-electron chi connectivity index (χ2n) is 4.69. The zero-order valence-corrected chi connectivity index (χ0v) is 11.5. The number of oxazole rings is 1. The minimum absolute atomic E-state index is 0.0342. The Hall–Kier alpha value is -2.15. The first-order valence-corrected chi connectivity index (χ1v) is 6.73. The summed E-state index contributed by atoms with van der Waals surface area (Å²) < 4.78 is 5.28. The quantitative estimate of drug-likeness (QED) is 0.848. The minimum atomic E-state index is -0.214. The first-order chi connectivity index (χ1) is 9.61. The van der Waals surface area contributed by atoms with Crippen molar-refractivity contribution in [2.45, 2.75) is 12.8 Å². The Morgan fingerprint density at radius 1 is 1.50 bits per heavy atom. The summed E-state index contributed by atoms with van der Waals surface area (Å²) in [4.78, 5) is 28.1. The fraction of sp³-hybridized carbons (Fsp3) is 0.308. The molecule has 1 fully saturated rings. The first kappa shape index (κ1) is 12.9. The van der Waals surface area contributed by atoms with Gasteiger partial charge < -0.3 is 19.6 Å². The molecule has 1 aliphatic heterocycles. The summed E-state index contributed by atoms with van der Waals surface area (Å²) in [7, 11) is 0. The van der Waals surface area contributed by atoms with E-state index in [2.05, 4.69) is 10.3 Å². The van der Waals surface area contributed by atoms with Gasteiger partial charge in [0.2, 0.25) is 11.8 Å². The number of aromatic amines is 1. The number of rotatable bonds is 3. The van der Waals surface area contributed by atoms with E-state index in [1.165, 1.54) is 0 Å². The van der Waals surface area contributed by atoms with Crippen LogP contribution in [0.2, 0.25) is 0 Å². The summed E-state index contributed by atoms with van der Waals surface area (Å²) in [6.07, 6.45) is 1.35. The van der Waals surface area contributed by atoms with Crippen molar-refractivity contribution in [3.05, 3.63) is 23.0 Å². The van der Waals surface area contributed by atoms with Crippen LogP contribution in [0.3, 0.4) is 0 Å². The largest absolute Gasteiger partial charge is 0.429 e. The number of hydrogen-bond acceptors (Lipinski definition) is 4. The van der Waals surface area contributed by atoms with Gasteiger partial charge in [-0.15, -0.1) is 0 Å². The maximum Gasteiger partial charge on any atom is 0.266 e. The molecule has 2 amide bonds. The highest BCUT2D eigenvalue weighted by molar-refractivity contribution is 7.71. The monoisotopic (exact) mass is 291 g/mol. The number of anilines is 1. The van der Waals surface area contributed by atoms with Gasteiger partial charge in [0.05, 0.1) is 12.1 Å². The Balaban J connectivity index is 1.70. The van der Waals surface area contributed by atoms with E-state index in [0.717, 1.165) is 11.9 Å². The van der Waals surface area contributed by atoms with E-state index in [9.17, 15) is 9.59 Å². The summed E-state index contributed by atoms with van der Waals surface area (Å²) >= 11 is 4.90. The molecule has 20 heavy (non-hydrogen) atoms. The normalized spacial score (nSPS) is 15.0. The van der Waals surface area contributed by atoms with Crippen molar-refractivity contribution in [1.82, 2.24) is 9.88 Å². The van der Waals surface area contributed by atoms with Crippen molar-refractivity contribution in [3.8, 4) is 0 Å². The van der Waals surface area contributed by atoms with E-state index in [4.69, 9.17) is 16.6 Å². The number of likely N-dealkylation sites (tertiary alicyclic amines) is 1. The first-order valence-electron chi connectivity index (χ1n) is 6.32. The zero-order chi connectivity index (χ0) is 14.1. The van der Waals surface area contributed by atoms with E-state index in [1.54, 1.807) is 23.1 Å². The Morgan fingerprint density at radius 2 is 2.35 bits per heavy atom. The van der Waals surface area contributed by atoms with Gasteiger partial charge in [0.25, 0.3) is 4.84 Å². The maximum atomic E-state index is 11.9. The van der Waals surface area contributed by atoms with Crippen LogP contribution in [-0.2, 0) is 9.59 Å². The summed E-state index contributed by atoms with van der Waals surface area (Å²) in [5, 5.41) is 2.75. The van der Waals surface area contributed by atoms with Gasteiger partial charge in [0.15, 0.2) is 5.58 Å². The van der Waals surface area contributed by atoms with Gasteiger partial charge in [-0.2, -0.15) is 0 Å². The van der Waals surface area contributed by atoms with Gasteiger partial charge >= 0.3 is 0 Å². The number of nitrogens with one attached hydrogen (secondary N) is 2. The van der Waals surface area contributed by atoms with Crippen LogP contribution in [0.15, 0.2) is 22.6 Å². The number of carbonyl (C=O) groups is 2. The molecule has 0 spiro atoms. The van der Waals surface area contributed by atoms with Crippen LogP contribution >= 0.6 is 12.2 Å². The van der Waals surface area contributed by atoms with Crippen molar-refractivity contribution >= 4 is 40.8 Å². The lowest BCUT2D eigenvalue weighted by atomic mass is 10.3. The highest BCUT2D eigenvalue weighted by atomic mass is 32.1. The summed E-state index contributed by atoms with van der Waals surface area (Å²) in [5.41, 5.74) is 1.99. The molecule has 104 valence electrons. The molecule has 0 unspecified atom stereocenters. The highest BCUT2D eigenvalue weighted by Gasteiger charge is 2.22. The Morgan fingerprint density at radius 3 is 3.10 bits per heavy atom. The smallest absolute Gasteiger partial charge is 0.266 e. The summed E-state index contributed by atoms with van der Waals surface area (Å²) in [6.45, 7) is 0.741. The topological polar surface area (TPSA) is 78.3 Å². The van der Waals surface area contributed by atoms with Gasteiger partial charge in [-0.1, -0.05) is 0 Å². The fourth-order valence-electron chi connectivity index (χ4n) is 2.27. The molecule has 3 rings (SSSR count). The summed E-state index contributed by atoms with van der Waals surface area (Å²) in [5.74, 6) is -0.180. The molecular formula is C13H13N3O3S. The van der Waals surface area contributed by atoms with Crippen LogP contribution in [0.25, 0.3) is 11.1 Å². The lowest BCUT2D eigenvalue weighted by Crippen LogP contribution is -2.33. The molecule has 0 aliphatic carbocycles. The maximum absolute atomic E-state index is 11.9. The van der Waals surface area contributed by atoms with Crippen LogP contribution in [-0.4, -0.2) is 34.8 Å². The molecule has 1 saturated heterocycles. The van der Waals surface area contributed by atoms with E-state index in [1.807, 2.05) is 0 Å². The lowest BCUT2D eigenvalue weighted by molar-refractivity contribution is -0.131. The molecule has 7 heteroatoms. The molecule has 0 bridgehead atoms. The van der Waals surface area contributed by atoms with Gasteiger partial charge in [-0.25, -0.2) is 0 Å². The van der Waals surface area contributed by atoms with Crippen molar-refractivity contribution < 1.29 is 14.0 Å². The molecule has 0 saturated carbocycles. The van der Waals surface area contributed by atoms with Crippen molar-refractivity contribution in [2.75, 3.05) is 18.4 Å². The average Bonchev–Trinajstić information content (AvgIpc) is 2.94. The molecule has 0 radical (unpaired) electrons. The molecule has 2 aromatic rings. The van der Waals surface area contributed by atoms with Crippen molar-refractivity contribution in [1.29, 1.82) is 0 Å². The van der Waals surface area contributed by atoms with E-state index >= 15 is 0 Å². The van der Waals surface area contributed by atoms with Gasteiger partial charge in [0.1, 0.15) is 0 Å². The third-order valence-corrected chi connectivity index (χ3v) is 3.40. The van der Waals surface area contributed by atoms with E-state index in [0.29, 0.717) is 29.1 Å². The lowest BCUT2D eigenvalue weighted by Gasteiger charge is -2.14. The van der Waals surface area contributed by atoms with Crippen LogP contribution in [0.5, 0.6) is 0 Å². The number of hydrogen-bond donors (Lipinski definition) is 2. The molecule has 1 aromatic carbocycles. The Kier molecular flexibility index (Phi) is 3.27. The second-order valence-corrected chi connectivity index (χ2v) is 5.06. The highest BCUT2D eigenvalue weighted by Crippen LogP contribution is 2.19. The van der Waals surface area contributed by atoms with Crippen LogP contribution < -0.4 is 5.32 Å². The Labute approximate surface area is 119 Å². The van der Waals surface area contributed by atoms with Crippen molar-refractivity contribution in [2.24, 2.45) is 0 Å². The molecule has 0 atom stereocenters. The number of H-pyrrole nitrogens is 1. The second kappa shape index (κ2) is 5.09. The van der Waals surface area contributed by atoms with Gasteiger partial charge in [-0.05, 0) is 30.8 Å². The molecule has 6 nitrogen and oxygen atoms in total. The van der Waals surface area contributed by atoms with Crippen LogP contribution in [0, 0.1) is 4.84 Å². The molecular weight excluding hydrogens is 278 g/mol. The van der Waals surface area contributed by atoms with Crippen molar-refractivity contribution in [3.63, 3.8) is 0 Å². The number of amides is 2. The standard InChI is InChI=1S/C13H13N3O3S/c17-11(7-16-5-1-2-12(16)18)14-8-3-4-9-10(6-8)19-13(20)15-9/h3-4,6H,1-2,5,7H2,(H,14,17)(H,15,20). The van der Waals surface area contributed by atoms with E-state index in [-0.39, 0.29) is 18.4 Å². The SMILES string of the molecule is O=C(CN1CCCC1=O)Nc1ccc2[nH]c(=S)oc2c1. The molecule has 2 heterocycles. The van der Waals surface area contributed by atoms with Gasteiger partial charge in [0, 0.05) is 24.7 Å². The summed E-state index contributed by atoms with van der Waals surface area (Å²) in [6, 6.07) is 5.24. The molecule has 1 aliphatic rings. The van der Waals surface area contributed by atoms with E-state index < -0.39 is 0 Å². The number of benzene rings is 1. The number of fused-ring (bicyclic) bond motifs is 1. The van der Waals surface area contributed by atoms with Crippen LogP contribution in [0.1, 0.15) is 12.8 Å². The third-order valence-electron chi connectivity index (χ3n) is 3.21. The number of aromatic nitrogens is 1.